The van der Waals surface area contributed by atoms with Crippen LogP contribution in [0.25, 0.3) is 0 Å². The average molecular weight is 183 g/mol. The van der Waals surface area contributed by atoms with E-state index in [1.54, 1.807) is 6.20 Å². The third-order valence-corrected chi connectivity index (χ3v) is 2.60. The van der Waals surface area contributed by atoms with Crippen molar-refractivity contribution in [1.29, 1.82) is 0 Å². The highest BCUT2D eigenvalue weighted by atomic mass is 15.3. The highest BCUT2D eigenvalue weighted by Crippen LogP contribution is 2.04. The number of rotatable bonds is 4. The summed E-state index contributed by atoms with van der Waals surface area (Å²) in [4.78, 5) is 4.94. The Morgan fingerprint density at radius 1 is 1.31 bits per heavy atom. The molecule has 0 unspecified atom stereocenters. The second-order valence-electron chi connectivity index (χ2n) is 3.81. The molecule has 0 radical (unpaired) electrons. The number of hydrogen-bond acceptors (Lipinski definition) is 3. The molecular formula is C10H21N3. The van der Waals surface area contributed by atoms with Crippen molar-refractivity contribution in [3.8, 4) is 0 Å². The van der Waals surface area contributed by atoms with E-state index in [4.69, 9.17) is 0 Å². The first-order valence-corrected chi connectivity index (χ1v) is 5.04. The molecule has 0 saturated carbocycles. The zero-order valence-electron chi connectivity index (χ0n) is 8.79. The van der Waals surface area contributed by atoms with Crippen molar-refractivity contribution in [3.63, 3.8) is 0 Å². The molecule has 0 amide bonds. The third kappa shape index (κ3) is 3.36. The van der Waals surface area contributed by atoms with Crippen LogP contribution in [0.15, 0.2) is 12.8 Å². The molecule has 0 aromatic rings. The summed E-state index contributed by atoms with van der Waals surface area (Å²) < 4.78 is 0. The van der Waals surface area contributed by atoms with Crippen LogP contribution < -0.4 is 5.32 Å². The number of nitrogens with zero attached hydrogens (tertiary/aromatic N) is 2. The van der Waals surface area contributed by atoms with E-state index >= 15 is 0 Å². The molecule has 0 aromatic heterocycles. The van der Waals surface area contributed by atoms with Crippen molar-refractivity contribution in [3.05, 3.63) is 12.8 Å². The molecule has 3 heteroatoms. The normalized spacial score (nSPS) is 20.5. The molecule has 76 valence electrons. The fourth-order valence-corrected chi connectivity index (χ4v) is 1.63. The SMILES string of the molecule is C=CNCN1CCN(C(C)C)CC1. The molecule has 0 spiro atoms. The number of piperazine rings is 1. The van der Waals surface area contributed by atoms with Gasteiger partial charge >= 0.3 is 0 Å². The zero-order chi connectivity index (χ0) is 9.68. The number of hydrogen-bond donors (Lipinski definition) is 1. The highest BCUT2D eigenvalue weighted by Gasteiger charge is 2.17. The predicted octanol–water partition coefficient (Wildman–Crippen LogP) is 0.703. The molecule has 0 aromatic carbocycles. The molecule has 1 saturated heterocycles. The van der Waals surface area contributed by atoms with Crippen LogP contribution in [0.2, 0.25) is 0 Å². The van der Waals surface area contributed by atoms with Gasteiger partial charge in [-0.3, -0.25) is 9.80 Å². The molecular weight excluding hydrogens is 162 g/mol. The Labute approximate surface area is 81.4 Å². The Bertz CT molecular complexity index is 148. The van der Waals surface area contributed by atoms with Gasteiger partial charge in [-0.25, -0.2) is 0 Å². The first-order chi connectivity index (χ1) is 6.24. The minimum Gasteiger partial charge on any atom is -0.379 e. The first kappa shape index (κ1) is 10.5. The van der Waals surface area contributed by atoms with Crippen LogP contribution in [0.1, 0.15) is 13.8 Å². The monoisotopic (exact) mass is 183 g/mol. The smallest absolute Gasteiger partial charge is 0.0673 e. The first-order valence-electron chi connectivity index (χ1n) is 5.04. The van der Waals surface area contributed by atoms with Gasteiger partial charge in [-0.2, -0.15) is 0 Å². The minimum atomic E-state index is 0.689. The van der Waals surface area contributed by atoms with Gasteiger partial charge in [0.25, 0.3) is 0 Å². The summed E-state index contributed by atoms with van der Waals surface area (Å²) in [6.07, 6.45) is 1.76. The van der Waals surface area contributed by atoms with Gasteiger partial charge in [-0.15, -0.1) is 0 Å². The van der Waals surface area contributed by atoms with Crippen LogP contribution in [-0.4, -0.2) is 48.7 Å². The van der Waals surface area contributed by atoms with Gasteiger partial charge in [0.1, 0.15) is 0 Å². The van der Waals surface area contributed by atoms with Gasteiger partial charge in [0.05, 0.1) is 6.67 Å². The van der Waals surface area contributed by atoms with Crippen molar-refractivity contribution in [2.75, 3.05) is 32.8 Å². The Morgan fingerprint density at radius 3 is 2.38 bits per heavy atom. The van der Waals surface area contributed by atoms with Crippen molar-refractivity contribution in [2.24, 2.45) is 0 Å². The largest absolute Gasteiger partial charge is 0.379 e. The lowest BCUT2D eigenvalue weighted by atomic mass is 10.2. The quantitative estimate of drug-likeness (QED) is 0.692. The summed E-state index contributed by atoms with van der Waals surface area (Å²) in [6, 6.07) is 0.689. The van der Waals surface area contributed by atoms with Crippen LogP contribution >= 0.6 is 0 Å². The lowest BCUT2D eigenvalue weighted by Gasteiger charge is -2.36. The fourth-order valence-electron chi connectivity index (χ4n) is 1.63. The lowest BCUT2D eigenvalue weighted by molar-refractivity contribution is 0.106. The van der Waals surface area contributed by atoms with Gasteiger partial charge in [0.2, 0.25) is 0 Å². The van der Waals surface area contributed by atoms with Crippen molar-refractivity contribution in [2.45, 2.75) is 19.9 Å². The van der Waals surface area contributed by atoms with Gasteiger partial charge in [0, 0.05) is 32.2 Å². The summed E-state index contributed by atoms with van der Waals surface area (Å²) >= 11 is 0. The van der Waals surface area contributed by atoms with Crippen molar-refractivity contribution in [1.82, 2.24) is 15.1 Å². The maximum Gasteiger partial charge on any atom is 0.0673 e. The van der Waals surface area contributed by atoms with Crippen LogP contribution in [0.5, 0.6) is 0 Å². The van der Waals surface area contributed by atoms with E-state index in [9.17, 15) is 0 Å². The van der Waals surface area contributed by atoms with Crippen molar-refractivity contribution < 1.29 is 0 Å². The molecule has 1 N–H and O–H groups in total. The molecule has 3 nitrogen and oxygen atoms in total. The second kappa shape index (κ2) is 5.25. The fraction of sp³-hybridized carbons (Fsp3) is 0.800. The lowest BCUT2D eigenvalue weighted by Crippen LogP contribution is -2.50. The van der Waals surface area contributed by atoms with Gasteiger partial charge in [-0.1, -0.05) is 6.58 Å². The molecule has 0 atom stereocenters. The van der Waals surface area contributed by atoms with Crippen LogP contribution in [0.3, 0.4) is 0 Å². The molecule has 1 rings (SSSR count). The standard InChI is InChI=1S/C10H21N3/c1-4-11-9-12-5-7-13(8-6-12)10(2)3/h4,10-11H,1,5-9H2,2-3H3. The Kier molecular flexibility index (Phi) is 4.25. The van der Waals surface area contributed by atoms with E-state index in [0.717, 1.165) is 6.67 Å². The summed E-state index contributed by atoms with van der Waals surface area (Å²) in [5.74, 6) is 0. The molecule has 1 aliphatic rings. The average Bonchev–Trinajstić information content (AvgIpc) is 2.15. The van der Waals surface area contributed by atoms with E-state index in [0.29, 0.717) is 6.04 Å². The predicted molar refractivity (Wildman–Crippen MR) is 56.5 cm³/mol. The molecule has 0 aliphatic carbocycles. The summed E-state index contributed by atoms with van der Waals surface area (Å²) in [5.41, 5.74) is 0. The zero-order valence-corrected chi connectivity index (χ0v) is 8.79. The molecule has 0 bridgehead atoms. The highest BCUT2D eigenvalue weighted by molar-refractivity contribution is 4.74. The van der Waals surface area contributed by atoms with Crippen LogP contribution in [0, 0.1) is 0 Å². The summed E-state index contributed by atoms with van der Waals surface area (Å²) in [7, 11) is 0. The van der Waals surface area contributed by atoms with E-state index in [2.05, 4.69) is 35.5 Å². The number of nitrogens with one attached hydrogen (secondary N) is 1. The molecule has 13 heavy (non-hydrogen) atoms. The maximum atomic E-state index is 3.64. The topological polar surface area (TPSA) is 18.5 Å². The molecule has 1 aliphatic heterocycles. The third-order valence-electron chi connectivity index (χ3n) is 2.60. The molecule has 1 fully saturated rings. The van der Waals surface area contributed by atoms with Gasteiger partial charge < -0.3 is 5.32 Å². The summed E-state index contributed by atoms with van der Waals surface area (Å²) in [5, 5.41) is 3.13. The van der Waals surface area contributed by atoms with E-state index in [-0.39, 0.29) is 0 Å². The van der Waals surface area contributed by atoms with E-state index in [1.165, 1.54) is 26.2 Å². The maximum absolute atomic E-state index is 3.64. The second-order valence-corrected chi connectivity index (χ2v) is 3.81. The Hall–Kier alpha value is -0.540. The molecule has 1 heterocycles. The van der Waals surface area contributed by atoms with E-state index in [1.807, 2.05) is 0 Å². The van der Waals surface area contributed by atoms with Gasteiger partial charge in [0.15, 0.2) is 0 Å². The minimum absolute atomic E-state index is 0.689. The Balaban J connectivity index is 2.18. The van der Waals surface area contributed by atoms with Gasteiger partial charge in [-0.05, 0) is 20.0 Å². The van der Waals surface area contributed by atoms with E-state index < -0.39 is 0 Å². The Morgan fingerprint density at radius 2 is 1.92 bits per heavy atom. The van der Waals surface area contributed by atoms with Crippen LogP contribution in [0.4, 0.5) is 0 Å². The summed E-state index contributed by atoms with van der Waals surface area (Å²) in [6.45, 7) is 13.8. The van der Waals surface area contributed by atoms with Crippen LogP contribution in [-0.2, 0) is 0 Å². The van der Waals surface area contributed by atoms with Crippen molar-refractivity contribution >= 4 is 0 Å².